The van der Waals surface area contributed by atoms with Crippen molar-refractivity contribution in [3.63, 3.8) is 0 Å². The lowest BCUT2D eigenvalue weighted by molar-refractivity contribution is 1.29. The van der Waals surface area contributed by atoms with Gasteiger partial charge < -0.3 is 9.80 Å². The Morgan fingerprint density at radius 3 is 1.33 bits per heavy atom. The summed E-state index contributed by atoms with van der Waals surface area (Å²) in [5.41, 5.74) is 9.18. The Balaban J connectivity index is 1.11. The molecule has 0 aliphatic heterocycles. The smallest absolute Gasteiger partial charge is 0.0998 e. The van der Waals surface area contributed by atoms with E-state index in [-0.39, 0.29) is 0 Å². The maximum Gasteiger partial charge on any atom is 0.0998 e. The van der Waals surface area contributed by atoms with E-state index in [9.17, 15) is 10.5 Å². The normalized spacial score (nSPS) is 11.3. The first kappa shape index (κ1) is 34.8. The summed E-state index contributed by atoms with van der Waals surface area (Å²) in [6.45, 7) is 0. The van der Waals surface area contributed by atoms with Crippen molar-refractivity contribution < 1.29 is 0 Å². The molecule has 0 saturated heterocycles. The van der Waals surface area contributed by atoms with E-state index in [0.29, 0.717) is 11.1 Å². The van der Waals surface area contributed by atoms with E-state index in [1.54, 1.807) is 0 Å². The highest BCUT2D eigenvalue weighted by Gasteiger charge is 2.23. The lowest BCUT2D eigenvalue weighted by Gasteiger charge is -2.28. The van der Waals surface area contributed by atoms with E-state index >= 15 is 0 Å². The summed E-state index contributed by atoms with van der Waals surface area (Å²) < 4.78 is 0. The minimum Gasteiger partial charge on any atom is -0.310 e. The van der Waals surface area contributed by atoms with Crippen LogP contribution in [-0.4, -0.2) is 0 Å². The predicted molar refractivity (Wildman–Crippen MR) is 249 cm³/mol. The third-order valence-corrected chi connectivity index (χ3v) is 11.8. The van der Waals surface area contributed by atoms with Gasteiger partial charge in [-0.25, -0.2) is 0 Å². The third-order valence-electron chi connectivity index (χ3n) is 11.8. The van der Waals surface area contributed by atoms with Crippen molar-refractivity contribution in [3.05, 3.63) is 217 Å². The molecule has 0 heterocycles. The molecule has 0 N–H and O–H groups in total. The monoisotopic (exact) mass is 762 g/mol. The van der Waals surface area contributed by atoms with Gasteiger partial charge in [-0.05, 0) is 116 Å². The van der Waals surface area contributed by atoms with Gasteiger partial charge in [0.25, 0.3) is 0 Å². The first-order valence-corrected chi connectivity index (χ1v) is 20.0. The second-order valence-corrected chi connectivity index (χ2v) is 15.2. The zero-order chi connectivity index (χ0) is 40.2. The molecule has 278 valence electrons. The van der Waals surface area contributed by atoms with E-state index in [1.807, 2.05) is 36.4 Å². The molecular formula is C56H34N4. The Bertz CT molecular complexity index is 3510. The number of nitrogens with zero attached hydrogens (tertiary/aromatic N) is 4. The number of hydrogen-bond donors (Lipinski definition) is 0. The Labute approximate surface area is 347 Å². The lowest BCUT2D eigenvalue weighted by atomic mass is 9.85. The fourth-order valence-electron chi connectivity index (χ4n) is 9.03. The fourth-order valence-corrected chi connectivity index (χ4v) is 9.03. The molecule has 11 aromatic carbocycles. The maximum absolute atomic E-state index is 10.8. The number of para-hydroxylation sites is 2. The van der Waals surface area contributed by atoms with Crippen molar-refractivity contribution >= 4 is 88.0 Å². The molecule has 60 heavy (non-hydrogen) atoms. The molecule has 11 aromatic rings. The molecule has 0 bridgehead atoms. The van der Waals surface area contributed by atoms with Crippen molar-refractivity contribution in [1.82, 2.24) is 0 Å². The zero-order valence-corrected chi connectivity index (χ0v) is 32.4. The summed E-state index contributed by atoms with van der Waals surface area (Å²) in [6, 6.07) is 76.8. The van der Waals surface area contributed by atoms with Crippen LogP contribution in [0.1, 0.15) is 11.1 Å². The SMILES string of the molecule is N#Cc1cc(-c2ccc(N(c3ccccc3)c3ccc4ccccc4c3)cc2)c2ccc3c(C#N)cc(N(c4ccccc4)c4ccc5ccccc5c4)c4ccc1c2c34. The van der Waals surface area contributed by atoms with Gasteiger partial charge in [-0.2, -0.15) is 10.5 Å². The maximum atomic E-state index is 10.8. The zero-order valence-electron chi connectivity index (χ0n) is 32.4. The minimum atomic E-state index is 0.580. The van der Waals surface area contributed by atoms with Crippen LogP contribution in [0.25, 0.3) is 65.0 Å². The van der Waals surface area contributed by atoms with Crippen LogP contribution in [-0.2, 0) is 0 Å². The van der Waals surface area contributed by atoms with Crippen molar-refractivity contribution in [3.8, 4) is 23.3 Å². The molecule has 11 rings (SSSR count). The van der Waals surface area contributed by atoms with Crippen LogP contribution >= 0.6 is 0 Å². The highest BCUT2D eigenvalue weighted by atomic mass is 15.1. The van der Waals surface area contributed by atoms with Gasteiger partial charge in [0, 0.05) is 50.0 Å². The van der Waals surface area contributed by atoms with Gasteiger partial charge in [0.15, 0.2) is 0 Å². The highest BCUT2D eigenvalue weighted by Crippen LogP contribution is 2.48. The summed E-state index contributed by atoms with van der Waals surface area (Å²) >= 11 is 0. The molecule has 0 radical (unpaired) electrons. The number of anilines is 6. The van der Waals surface area contributed by atoms with Crippen LogP contribution in [0.5, 0.6) is 0 Å². The van der Waals surface area contributed by atoms with Crippen molar-refractivity contribution in [2.45, 2.75) is 0 Å². The molecule has 0 saturated carbocycles. The van der Waals surface area contributed by atoms with Gasteiger partial charge in [-0.1, -0.05) is 133 Å². The van der Waals surface area contributed by atoms with E-state index in [1.165, 1.54) is 10.8 Å². The molecule has 0 aliphatic carbocycles. The van der Waals surface area contributed by atoms with Gasteiger partial charge >= 0.3 is 0 Å². The summed E-state index contributed by atoms with van der Waals surface area (Å²) in [7, 11) is 0. The van der Waals surface area contributed by atoms with E-state index < -0.39 is 0 Å². The summed E-state index contributed by atoms with van der Waals surface area (Å²) in [5, 5.41) is 31.8. The van der Waals surface area contributed by atoms with Crippen molar-refractivity contribution in [2.24, 2.45) is 0 Å². The molecule has 0 spiro atoms. The predicted octanol–water partition coefficient (Wildman–Crippen LogP) is 15.2. The summed E-state index contributed by atoms with van der Waals surface area (Å²) in [4.78, 5) is 4.53. The summed E-state index contributed by atoms with van der Waals surface area (Å²) in [6.07, 6.45) is 0. The molecule has 0 atom stereocenters. The molecule has 0 fully saturated rings. The van der Waals surface area contributed by atoms with Crippen LogP contribution in [0.4, 0.5) is 34.1 Å². The van der Waals surface area contributed by atoms with Crippen LogP contribution in [0.15, 0.2) is 206 Å². The van der Waals surface area contributed by atoms with E-state index in [4.69, 9.17) is 0 Å². The summed E-state index contributed by atoms with van der Waals surface area (Å²) in [5.74, 6) is 0. The fraction of sp³-hybridized carbons (Fsp3) is 0. The molecule has 4 nitrogen and oxygen atoms in total. The number of rotatable bonds is 7. The number of nitriles is 2. The van der Waals surface area contributed by atoms with Crippen LogP contribution in [0.2, 0.25) is 0 Å². The molecule has 0 amide bonds. The average molecular weight is 763 g/mol. The van der Waals surface area contributed by atoms with Crippen molar-refractivity contribution in [1.29, 1.82) is 10.5 Å². The molecule has 0 unspecified atom stereocenters. The third kappa shape index (κ3) is 5.67. The topological polar surface area (TPSA) is 54.1 Å². The molecule has 4 heteroatoms. The van der Waals surface area contributed by atoms with Crippen LogP contribution < -0.4 is 9.80 Å². The van der Waals surface area contributed by atoms with Crippen LogP contribution in [0, 0.1) is 22.7 Å². The van der Waals surface area contributed by atoms with Gasteiger partial charge in [0.05, 0.1) is 29.0 Å². The largest absolute Gasteiger partial charge is 0.310 e. The van der Waals surface area contributed by atoms with Gasteiger partial charge in [-0.15, -0.1) is 0 Å². The van der Waals surface area contributed by atoms with Gasteiger partial charge in [-0.3, -0.25) is 0 Å². The number of benzene rings is 11. The number of hydrogen-bond acceptors (Lipinski definition) is 4. The second-order valence-electron chi connectivity index (χ2n) is 15.2. The van der Waals surface area contributed by atoms with Crippen molar-refractivity contribution in [2.75, 3.05) is 9.80 Å². The quantitative estimate of drug-likeness (QED) is 0.152. The van der Waals surface area contributed by atoms with E-state index in [0.717, 1.165) is 88.3 Å². The molecular weight excluding hydrogens is 729 g/mol. The first-order chi connectivity index (χ1) is 29.7. The number of fused-ring (bicyclic) bond motifs is 2. The Morgan fingerprint density at radius 2 is 0.750 bits per heavy atom. The Kier molecular flexibility index (Phi) is 8.22. The molecule has 0 aliphatic rings. The highest BCUT2D eigenvalue weighted by molar-refractivity contribution is 6.29. The van der Waals surface area contributed by atoms with Gasteiger partial charge in [0.1, 0.15) is 0 Å². The average Bonchev–Trinajstić information content (AvgIpc) is 3.32. The first-order valence-electron chi connectivity index (χ1n) is 20.0. The van der Waals surface area contributed by atoms with Crippen LogP contribution in [0.3, 0.4) is 0 Å². The Morgan fingerprint density at radius 1 is 0.317 bits per heavy atom. The second kappa shape index (κ2) is 14.2. The van der Waals surface area contributed by atoms with Gasteiger partial charge in [0.2, 0.25) is 0 Å². The lowest BCUT2D eigenvalue weighted by Crippen LogP contribution is -2.11. The minimum absolute atomic E-state index is 0.580. The molecule has 0 aromatic heterocycles. The standard InChI is InChI=1S/C56H34N4/c57-35-42-33-53(39-21-23-46(24-22-39)59(44-15-3-1-4-16-44)47-25-19-37-11-7-9-13-40(37)31-47)51-29-27-50-43(36-58)34-54(52-30-28-49(42)55(51)56(50)52)60(45-17-5-2-6-18-45)48-26-20-38-12-8-10-14-41(38)32-48/h1-34H. The Hall–Kier alpha value is -8.44. The van der Waals surface area contributed by atoms with E-state index in [2.05, 4.69) is 192 Å².